The summed E-state index contributed by atoms with van der Waals surface area (Å²) in [5, 5.41) is 12.1. The van der Waals surface area contributed by atoms with E-state index >= 15 is 0 Å². The highest BCUT2D eigenvalue weighted by Crippen LogP contribution is 2.32. The Kier molecular flexibility index (Phi) is 2.93. The van der Waals surface area contributed by atoms with Crippen molar-refractivity contribution in [1.82, 2.24) is 10.2 Å². The summed E-state index contributed by atoms with van der Waals surface area (Å²) in [6.45, 7) is 0.202. The van der Waals surface area contributed by atoms with Crippen LogP contribution >= 0.6 is 0 Å². The maximum Gasteiger partial charge on any atom is 0.255 e. The molecule has 2 aliphatic heterocycles. The fourth-order valence-electron chi connectivity index (χ4n) is 2.76. The zero-order chi connectivity index (χ0) is 14.3. The van der Waals surface area contributed by atoms with Crippen molar-refractivity contribution >= 4 is 17.7 Å². The van der Waals surface area contributed by atoms with Gasteiger partial charge in [-0.3, -0.25) is 19.7 Å². The van der Waals surface area contributed by atoms with Crippen molar-refractivity contribution in [2.24, 2.45) is 0 Å². The predicted octanol–water partition coefficient (Wildman–Crippen LogP) is 0.543. The van der Waals surface area contributed by atoms with Gasteiger partial charge < -0.3 is 10.0 Å². The summed E-state index contributed by atoms with van der Waals surface area (Å²) in [5.74, 6) is -0.952. The van der Waals surface area contributed by atoms with Gasteiger partial charge in [0.2, 0.25) is 11.8 Å². The monoisotopic (exact) mass is 274 g/mol. The van der Waals surface area contributed by atoms with Crippen LogP contribution in [0.2, 0.25) is 0 Å². The smallest absolute Gasteiger partial charge is 0.255 e. The van der Waals surface area contributed by atoms with Crippen molar-refractivity contribution in [3.05, 3.63) is 29.3 Å². The van der Waals surface area contributed by atoms with Crippen LogP contribution in [-0.2, 0) is 16.1 Å². The predicted molar refractivity (Wildman–Crippen MR) is 68.8 cm³/mol. The van der Waals surface area contributed by atoms with E-state index in [1.54, 1.807) is 12.1 Å². The molecule has 3 rings (SSSR count). The van der Waals surface area contributed by atoms with Crippen molar-refractivity contribution in [3.63, 3.8) is 0 Å². The van der Waals surface area contributed by atoms with Crippen molar-refractivity contribution < 1.29 is 19.5 Å². The molecule has 2 N–H and O–H groups in total. The molecule has 2 heterocycles. The van der Waals surface area contributed by atoms with E-state index in [9.17, 15) is 19.5 Å². The molecule has 0 aliphatic carbocycles. The summed E-state index contributed by atoms with van der Waals surface area (Å²) < 4.78 is 0. The second-order valence-corrected chi connectivity index (χ2v) is 5.06. The van der Waals surface area contributed by atoms with Gasteiger partial charge in [-0.05, 0) is 25.0 Å². The van der Waals surface area contributed by atoms with Crippen LogP contribution in [0.4, 0.5) is 0 Å². The Morgan fingerprint density at radius 2 is 2.05 bits per heavy atom. The molecule has 1 saturated heterocycles. The normalized spacial score (nSPS) is 22.5. The fraction of sp³-hybridized carbons (Fsp3) is 0.357. The third-order valence-electron chi connectivity index (χ3n) is 3.79. The van der Waals surface area contributed by atoms with Crippen LogP contribution in [0.25, 0.3) is 0 Å². The Hall–Kier alpha value is -2.37. The Bertz CT molecular complexity index is 611. The van der Waals surface area contributed by atoms with Gasteiger partial charge in [0.1, 0.15) is 11.8 Å². The number of rotatable bonds is 1. The fourth-order valence-corrected chi connectivity index (χ4v) is 2.76. The molecule has 0 aromatic heterocycles. The number of phenolic OH excluding ortho intramolecular Hbond substituents is 1. The lowest BCUT2D eigenvalue weighted by Gasteiger charge is -2.24. The number of benzene rings is 1. The Morgan fingerprint density at radius 1 is 1.25 bits per heavy atom. The number of carbonyl (C=O) groups excluding carboxylic acids is 3. The van der Waals surface area contributed by atoms with Gasteiger partial charge in [-0.1, -0.05) is 6.07 Å². The van der Waals surface area contributed by atoms with E-state index in [4.69, 9.17) is 0 Å². The molecule has 0 saturated carbocycles. The van der Waals surface area contributed by atoms with Crippen LogP contribution in [0.5, 0.6) is 5.75 Å². The maximum absolute atomic E-state index is 12.3. The third kappa shape index (κ3) is 1.93. The lowest BCUT2D eigenvalue weighted by atomic mass is 10.1. The molecule has 1 aromatic carbocycles. The number of hydrogen-bond acceptors (Lipinski definition) is 4. The quantitative estimate of drug-likeness (QED) is 0.732. The van der Waals surface area contributed by atoms with Gasteiger partial charge in [0.25, 0.3) is 5.91 Å². The number of aromatic hydroxyl groups is 1. The van der Waals surface area contributed by atoms with Crippen LogP contribution in [0, 0.1) is 0 Å². The van der Waals surface area contributed by atoms with E-state index in [2.05, 4.69) is 5.32 Å². The van der Waals surface area contributed by atoms with E-state index in [0.29, 0.717) is 30.4 Å². The molecule has 3 amide bonds. The number of fused-ring (bicyclic) bond motifs is 1. The molecule has 104 valence electrons. The lowest BCUT2D eigenvalue weighted by Crippen LogP contribution is -2.46. The Morgan fingerprint density at radius 3 is 2.80 bits per heavy atom. The first-order chi connectivity index (χ1) is 9.58. The first-order valence-electron chi connectivity index (χ1n) is 6.53. The summed E-state index contributed by atoms with van der Waals surface area (Å²) in [6, 6.07) is 4.11. The highest BCUT2D eigenvalue weighted by atomic mass is 16.3. The van der Waals surface area contributed by atoms with Gasteiger partial charge in [-0.25, -0.2) is 0 Å². The number of hydrogen-bond donors (Lipinski definition) is 2. The molecule has 1 atom stereocenters. The summed E-state index contributed by atoms with van der Waals surface area (Å²) in [4.78, 5) is 37.1. The van der Waals surface area contributed by atoms with E-state index < -0.39 is 11.9 Å². The van der Waals surface area contributed by atoms with Gasteiger partial charge in [0.05, 0.1) is 6.54 Å². The molecule has 1 aromatic rings. The topological polar surface area (TPSA) is 86.7 Å². The number of amides is 3. The molecule has 1 fully saturated rings. The van der Waals surface area contributed by atoms with E-state index in [-0.39, 0.29) is 24.1 Å². The first-order valence-corrected chi connectivity index (χ1v) is 6.53. The Labute approximate surface area is 115 Å². The van der Waals surface area contributed by atoms with Gasteiger partial charge in [0.15, 0.2) is 0 Å². The van der Waals surface area contributed by atoms with Crippen LogP contribution < -0.4 is 5.32 Å². The molecule has 0 bridgehead atoms. The number of imide groups is 1. The lowest BCUT2D eigenvalue weighted by molar-refractivity contribution is -0.132. The molecular weight excluding hydrogens is 260 g/mol. The number of phenols is 1. The van der Waals surface area contributed by atoms with E-state index in [0.717, 1.165) is 0 Å². The summed E-state index contributed by atoms with van der Waals surface area (Å²) in [7, 11) is 0. The van der Waals surface area contributed by atoms with Crippen molar-refractivity contribution in [1.29, 1.82) is 0 Å². The second-order valence-electron chi connectivity index (χ2n) is 5.06. The van der Waals surface area contributed by atoms with Crippen molar-refractivity contribution in [2.75, 3.05) is 0 Å². The largest absolute Gasteiger partial charge is 0.508 e. The van der Waals surface area contributed by atoms with E-state index in [1.165, 1.54) is 11.0 Å². The minimum atomic E-state index is -0.652. The van der Waals surface area contributed by atoms with Crippen molar-refractivity contribution in [3.8, 4) is 5.75 Å². The zero-order valence-electron chi connectivity index (χ0n) is 10.8. The van der Waals surface area contributed by atoms with Crippen LogP contribution in [0.15, 0.2) is 18.2 Å². The second kappa shape index (κ2) is 4.63. The molecule has 20 heavy (non-hydrogen) atoms. The third-order valence-corrected chi connectivity index (χ3v) is 3.79. The average Bonchev–Trinajstić information content (AvgIpc) is 2.64. The standard InChI is InChI=1S/C14H14N2O4/c17-11-5-1-3-8-9(11)7-16(14(8)20)10-4-2-6-12(18)15-13(10)19/h1,3,5,10,17H,2,4,6-7H2,(H,15,18,19)/t10-/m0/s1. The highest BCUT2D eigenvalue weighted by molar-refractivity contribution is 6.04. The molecule has 6 heteroatoms. The number of nitrogens with one attached hydrogen (secondary N) is 1. The summed E-state index contributed by atoms with van der Waals surface area (Å²) >= 11 is 0. The molecule has 6 nitrogen and oxygen atoms in total. The highest BCUT2D eigenvalue weighted by Gasteiger charge is 2.38. The summed E-state index contributed by atoms with van der Waals surface area (Å²) in [6.07, 6.45) is 1.31. The van der Waals surface area contributed by atoms with Gasteiger partial charge in [0, 0.05) is 17.5 Å². The van der Waals surface area contributed by atoms with Gasteiger partial charge in [-0.15, -0.1) is 0 Å². The minimum absolute atomic E-state index is 0.0588. The molecule has 2 aliphatic rings. The SMILES string of the molecule is O=C1CCC[C@H](N2Cc3c(O)cccc3C2=O)C(=O)N1. The first kappa shape index (κ1) is 12.7. The summed E-state index contributed by atoms with van der Waals surface area (Å²) in [5.41, 5.74) is 0.967. The van der Waals surface area contributed by atoms with Crippen LogP contribution in [-0.4, -0.2) is 33.8 Å². The van der Waals surface area contributed by atoms with Crippen LogP contribution in [0.1, 0.15) is 35.2 Å². The minimum Gasteiger partial charge on any atom is -0.508 e. The number of nitrogens with zero attached hydrogens (tertiary/aromatic N) is 1. The zero-order valence-corrected chi connectivity index (χ0v) is 10.8. The van der Waals surface area contributed by atoms with Gasteiger partial charge >= 0.3 is 0 Å². The van der Waals surface area contributed by atoms with E-state index in [1.807, 2.05) is 0 Å². The molecular formula is C14H14N2O4. The Balaban J connectivity index is 1.90. The van der Waals surface area contributed by atoms with Gasteiger partial charge in [-0.2, -0.15) is 0 Å². The van der Waals surface area contributed by atoms with Crippen LogP contribution in [0.3, 0.4) is 0 Å². The molecule has 0 spiro atoms. The average molecular weight is 274 g/mol. The molecule has 0 radical (unpaired) electrons. The number of carbonyl (C=O) groups is 3. The molecule has 0 unspecified atom stereocenters. The maximum atomic E-state index is 12.3. The van der Waals surface area contributed by atoms with Crippen molar-refractivity contribution in [2.45, 2.75) is 31.8 Å².